The van der Waals surface area contributed by atoms with Gasteiger partial charge in [-0.15, -0.1) is 0 Å². The second-order valence-corrected chi connectivity index (χ2v) is 4.31. The number of guanidine groups is 1. The monoisotopic (exact) mass is 291 g/mol. The van der Waals surface area contributed by atoms with Crippen LogP contribution in [0.5, 0.6) is 11.5 Å². The first-order valence-corrected chi connectivity index (χ1v) is 7.13. The lowest BCUT2D eigenvalue weighted by molar-refractivity contribution is 0.355. The molecule has 21 heavy (non-hydrogen) atoms. The summed E-state index contributed by atoms with van der Waals surface area (Å²) in [6.07, 6.45) is 5.06. The fourth-order valence-electron chi connectivity index (χ4n) is 1.78. The van der Waals surface area contributed by atoms with Crippen LogP contribution in [0.25, 0.3) is 0 Å². The molecular weight excluding hydrogens is 266 g/mol. The average molecular weight is 291 g/mol. The summed E-state index contributed by atoms with van der Waals surface area (Å²) in [5.41, 5.74) is 0.901. The second-order valence-electron chi connectivity index (χ2n) is 4.31. The normalized spacial score (nSPS) is 11.5. The Morgan fingerprint density at radius 3 is 2.62 bits per heavy atom. The highest BCUT2D eigenvalue weighted by molar-refractivity contribution is 5.93. The van der Waals surface area contributed by atoms with Crippen molar-refractivity contribution in [1.29, 1.82) is 0 Å². The molecule has 0 atom stereocenters. The van der Waals surface area contributed by atoms with Crippen molar-refractivity contribution in [2.45, 2.75) is 20.3 Å². The Kier molecular flexibility index (Phi) is 7.79. The van der Waals surface area contributed by atoms with Crippen LogP contribution in [0.2, 0.25) is 0 Å². The Morgan fingerprint density at radius 2 is 2.00 bits per heavy atom. The molecule has 5 heteroatoms. The van der Waals surface area contributed by atoms with Crippen molar-refractivity contribution in [1.82, 2.24) is 5.32 Å². The van der Waals surface area contributed by atoms with Crippen molar-refractivity contribution >= 4 is 11.6 Å². The summed E-state index contributed by atoms with van der Waals surface area (Å²) < 4.78 is 10.5. The van der Waals surface area contributed by atoms with Crippen molar-refractivity contribution < 1.29 is 9.47 Å². The quantitative estimate of drug-likeness (QED) is 0.351. The smallest absolute Gasteiger partial charge is 0.195 e. The van der Waals surface area contributed by atoms with Crippen LogP contribution in [0.15, 0.2) is 35.3 Å². The van der Waals surface area contributed by atoms with Gasteiger partial charge < -0.3 is 20.1 Å². The molecule has 0 aromatic heterocycles. The Hall–Kier alpha value is -2.17. The lowest BCUT2D eigenvalue weighted by Crippen LogP contribution is -2.30. The molecule has 0 saturated heterocycles. The SMILES string of the molecule is C/C=C/CCN=C(NCC)Nc1ccc(OC)c(OC)c1. The summed E-state index contributed by atoms with van der Waals surface area (Å²) in [7, 11) is 3.25. The molecule has 0 saturated carbocycles. The standard InChI is InChI=1S/C16H25N3O2/c1-5-7-8-11-18-16(17-6-2)19-13-9-10-14(20-3)15(12-13)21-4/h5,7,9-10,12H,6,8,11H2,1-4H3,(H2,17,18,19)/b7-5+. The predicted molar refractivity (Wildman–Crippen MR) is 88.6 cm³/mol. The third-order valence-electron chi connectivity index (χ3n) is 2.79. The van der Waals surface area contributed by atoms with Crippen LogP contribution < -0.4 is 20.1 Å². The maximum Gasteiger partial charge on any atom is 0.195 e. The molecule has 0 bridgehead atoms. The third kappa shape index (κ3) is 5.77. The molecule has 116 valence electrons. The number of aliphatic imine (C=N–C) groups is 1. The summed E-state index contributed by atoms with van der Waals surface area (Å²) >= 11 is 0. The van der Waals surface area contributed by atoms with Gasteiger partial charge in [-0.05, 0) is 32.4 Å². The second kappa shape index (κ2) is 9.69. The number of hydrogen-bond donors (Lipinski definition) is 2. The summed E-state index contributed by atoms with van der Waals surface area (Å²) in [4.78, 5) is 4.52. The van der Waals surface area contributed by atoms with E-state index in [9.17, 15) is 0 Å². The third-order valence-corrected chi connectivity index (χ3v) is 2.79. The van der Waals surface area contributed by atoms with Gasteiger partial charge >= 0.3 is 0 Å². The molecule has 0 aliphatic heterocycles. The number of anilines is 1. The molecule has 0 spiro atoms. The molecule has 0 radical (unpaired) electrons. The van der Waals surface area contributed by atoms with E-state index in [1.807, 2.05) is 38.1 Å². The molecule has 0 aliphatic rings. The van der Waals surface area contributed by atoms with Gasteiger partial charge in [-0.3, -0.25) is 4.99 Å². The molecule has 0 amide bonds. The molecule has 1 aromatic rings. The Balaban J connectivity index is 2.78. The van der Waals surface area contributed by atoms with Crippen LogP contribution in [0.3, 0.4) is 0 Å². The fraction of sp³-hybridized carbons (Fsp3) is 0.438. The lowest BCUT2D eigenvalue weighted by atomic mass is 10.3. The van der Waals surface area contributed by atoms with Crippen LogP contribution in [0.1, 0.15) is 20.3 Å². The van der Waals surface area contributed by atoms with Crippen LogP contribution in [0.4, 0.5) is 5.69 Å². The van der Waals surface area contributed by atoms with E-state index in [4.69, 9.17) is 9.47 Å². The lowest BCUT2D eigenvalue weighted by Gasteiger charge is -2.13. The number of ether oxygens (including phenoxy) is 2. The first kappa shape index (κ1) is 16.9. The Bertz CT molecular complexity index is 484. The average Bonchev–Trinajstić information content (AvgIpc) is 2.51. The molecule has 5 nitrogen and oxygen atoms in total. The summed E-state index contributed by atoms with van der Waals surface area (Å²) in [5, 5.41) is 6.48. The highest BCUT2D eigenvalue weighted by Crippen LogP contribution is 2.29. The van der Waals surface area contributed by atoms with E-state index < -0.39 is 0 Å². The maximum absolute atomic E-state index is 5.30. The molecule has 0 aliphatic carbocycles. The van der Waals surface area contributed by atoms with Gasteiger partial charge in [-0.1, -0.05) is 12.2 Å². The largest absolute Gasteiger partial charge is 0.493 e. The van der Waals surface area contributed by atoms with E-state index in [0.29, 0.717) is 11.5 Å². The van der Waals surface area contributed by atoms with Crippen LogP contribution >= 0.6 is 0 Å². The summed E-state index contributed by atoms with van der Waals surface area (Å²) in [6.45, 7) is 5.60. The van der Waals surface area contributed by atoms with Gasteiger partial charge in [0.1, 0.15) is 0 Å². The minimum atomic E-state index is 0.687. The first-order valence-electron chi connectivity index (χ1n) is 7.13. The number of nitrogens with zero attached hydrogens (tertiary/aromatic N) is 1. The van der Waals surface area contributed by atoms with Crippen molar-refractivity contribution in [3.05, 3.63) is 30.4 Å². The fourth-order valence-corrected chi connectivity index (χ4v) is 1.78. The van der Waals surface area contributed by atoms with E-state index in [-0.39, 0.29) is 0 Å². The number of hydrogen-bond acceptors (Lipinski definition) is 3. The molecule has 0 unspecified atom stereocenters. The van der Waals surface area contributed by atoms with Gasteiger partial charge in [-0.2, -0.15) is 0 Å². The van der Waals surface area contributed by atoms with Gasteiger partial charge in [0.2, 0.25) is 0 Å². The zero-order chi connectivity index (χ0) is 15.5. The van der Waals surface area contributed by atoms with Crippen molar-refractivity contribution in [3.63, 3.8) is 0 Å². The van der Waals surface area contributed by atoms with E-state index >= 15 is 0 Å². The number of nitrogens with one attached hydrogen (secondary N) is 2. The highest BCUT2D eigenvalue weighted by atomic mass is 16.5. The van der Waals surface area contributed by atoms with E-state index in [2.05, 4.69) is 21.7 Å². The minimum Gasteiger partial charge on any atom is -0.493 e. The topological polar surface area (TPSA) is 54.9 Å². The van der Waals surface area contributed by atoms with Crippen LogP contribution in [-0.2, 0) is 0 Å². The molecule has 2 N–H and O–H groups in total. The summed E-state index contributed by atoms with van der Waals surface area (Å²) in [5.74, 6) is 2.15. The molecule has 1 aromatic carbocycles. The van der Waals surface area contributed by atoms with E-state index in [0.717, 1.165) is 31.2 Å². The minimum absolute atomic E-state index is 0.687. The molecule has 0 heterocycles. The summed E-state index contributed by atoms with van der Waals surface area (Å²) in [6, 6.07) is 5.68. The highest BCUT2D eigenvalue weighted by Gasteiger charge is 2.05. The van der Waals surface area contributed by atoms with E-state index in [1.54, 1.807) is 14.2 Å². The maximum atomic E-state index is 5.30. The van der Waals surface area contributed by atoms with Crippen molar-refractivity contribution in [2.24, 2.45) is 4.99 Å². The zero-order valence-corrected chi connectivity index (χ0v) is 13.3. The van der Waals surface area contributed by atoms with Gasteiger partial charge in [0.15, 0.2) is 17.5 Å². The van der Waals surface area contributed by atoms with Gasteiger partial charge in [-0.25, -0.2) is 0 Å². The first-order chi connectivity index (χ1) is 10.2. The van der Waals surface area contributed by atoms with Crippen molar-refractivity contribution in [3.8, 4) is 11.5 Å². The predicted octanol–water partition coefficient (Wildman–Crippen LogP) is 3.05. The van der Waals surface area contributed by atoms with Gasteiger partial charge in [0.05, 0.1) is 14.2 Å². The van der Waals surface area contributed by atoms with Gasteiger partial charge in [0, 0.05) is 24.8 Å². The molecule has 0 fully saturated rings. The number of methoxy groups -OCH3 is 2. The number of rotatable bonds is 7. The molecule has 1 rings (SSSR count). The van der Waals surface area contributed by atoms with Crippen molar-refractivity contribution in [2.75, 3.05) is 32.6 Å². The van der Waals surface area contributed by atoms with E-state index in [1.165, 1.54) is 0 Å². The van der Waals surface area contributed by atoms with Crippen LogP contribution in [0, 0.1) is 0 Å². The molecular formula is C16H25N3O2. The number of allylic oxidation sites excluding steroid dienone is 1. The van der Waals surface area contributed by atoms with Crippen LogP contribution in [-0.4, -0.2) is 33.3 Å². The zero-order valence-electron chi connectivity index (χ0n) is 13.3. The van der Waals surface area contributed by atoms with Gasteiger partial charge in [0.25, 0.3) is 0 Å². The Labute approximate surface area is 127 Å². The Morgan fingerprint density at radius 1 is 1.24 bits per heavy atom. The number of benzene rings is 1.